The third kappa shape index (κ3) is 7.99. The molecule has 186 valence electrons. The van der Waals surface area contributed by atoms with Crippen LogP contribution in [0.15, 0.2) is 40.6 Å². The van der Waals surface area contributed by atoms with Gasteiger partial charge < -0.3 is 19.7 Å². The van der Waals surface area contributed by atoms with Crippen molar-refractivity contribution in [3.8, 4) is 6.07 Å². The van der Waals surface area contributed by atoms with Gasteiger partial charge in [-0.3, -0.25) is 14.9 Å². The van der Waals surface area contributed by atoms with Crippen LogP contribution in [0.4, 0.5) is 28.4 Å². The van der Waals surface area contributed by atoms with Crippen molar-refractivity contribution in [2.24, 2.45) is 10.2 Å². The minimum Gasteiger partial charge on any atom is -0.383 e. The van der Waals surface area contributed by atoms with Gasteiger partial charge in [0, 0.05) is 52.1 Å². The summed E-state index contributed by atoms with van der Waals surface area (Å²) in [4.78, 5) is 24.3. The van der Waals surface area contributed by atoms with Crippen molar-refractivity contribution in [2.45, 2.75) is 26.4 Å². The molecule has 1 amide bonds. The Hall–Kier alpha value is -3.59. The maximum absolute atomic E-state index is 11.8. The smallest absolute Gasteiger partial charge is 0.272 e. The second kappa shape index (κ2) is 13.3. The monoisotopic (exact) mass is 502 g/mol. The van der Waals surface area contributed by atoms with E-state index in [1.807, 2.05) is 19.1 Å². The third-order valence-electron chi connectivity index (χ3n) is 5.07. The van der Waals surface area contributed by atoms with Crippen molar-refractivity contribution >= 4 is 45.9 Å². The number of carbonyl (C=O) groups is 1. The summed E-state index contributed by atoms with van der Waals surface area (Å²) >= 11 is 6.13. The molecule has 2 aromatic rings. The molecule has 0 spiro atoms. The molecule has 0 heterocycles. The normalized spacial score (nSPS) is 11.8. The zero-order valence-corrected chi connectivity index (χ0v) is 20.7. The number of halogens is 1. The molecule has 1 N–H and O–H groups in total. The molecule has 1 atom stereocenters. The molecule has 2 aromatic carbocycles. The molecule has 2 rings (SSSR count). The van der Waals surface area contributed by atoms with Crippen LogP contribution in [0.2, 0.25) is 5.02 Å². The number of nitrogens with one attached hydrogen (secondary N) is 1. The van der Waals surface area contributed by atoms with Crippen LogP contribution < -0.4 is 10.2 Å². The average molecular weight is 503 g/mol. The number of ether oxygens (including phenoxy) is 2. The van der Waals surface area contributed by atoms with E-state index < -0.39 is 4.92 Å². The maximum Gasteiger partial charge on any atom is 0.272 e. The number of nitriles is 1. The molecule has 35 heavy (non-hydrogen) atoms. The molecule has 0 saturated heterocycles. The van der Waals surface area contributed by atoms with Crippen LogP contribution in [0, 0.1) is 21.4 Å². The van der Waals surface area contributed by atoms with Crippen LogP contribution in [0.1, 0.15) is 25.8 Å². The van der Waals surface area contributed by atoms with Crippen LogP contribution >= 0.6 is 11.6 Å². The average Bonchev–Trinajstić information content (AvgIpc) is 2.82. The number of methoxy groups -OCH3 is 2. The number of carbonyl (C=O) groups excluding carboxylic acids is 1. The summed E-state index contributed by atoms with van der Waals surface area (Å²) in [5.41, 5.74) is 1.13. The summed E-state index contributed by atoms with van der Waals surface area (Å²) in [5, 5.41) is 31.3. The molecule has 0 aromatic heterocycles. The molecule has 0 radical (unpaired) electrons. The number of hydrogen-bond donors (Lipinski definition) is 1. The van der Waals surface area contributed by atoms with Gasteiger partial charge in [0.25, 0.3) is 5.69 Å². The van der Waals surface area contributed by atoms with Crippen molar-refractivity contribution in [1.82, 2.24) is 0 Å². The molecule has 11 nitrogen and oxygen atoms in total. The van der Waals surface area contributed by atoms with E-state index in [0.29, 0.717) is 31.1 Å². The summed E-state index contributed by atoms with van der Waals surface area (Å²) in [5.74, 6) is -0.305. The standard InChI is InChI=1S/C23H27ClN6O5/c1-15(35-4)7-8-29(9-10-34-3)18-5-6-21(22(13-18)26-16(2)31)27-28-23-17(14-25)11-19(30(32)33)12-20(23)24/h5-6,11-13,15H,7-10H2,1-4H3,(H,26,31). The Morgan fingerprint density at radius 2 is 2.03 bits per heavy atom. The number of azo groups is 1. The predicted molar refractivity (Wildman–Crippen MR) is 133 cm³/mol. The van der Waals surface area contributed by atoms with E-state index in [0.717, 1.165) is 24.2 Å². The van der Waals surface area contributed by atoms with Gasteiger partial charge in [0.1, 0.15) is 17.4 Å². The maximum atomic E-state index is 11.8. The Labute approximate surface area is 208 Å². The fourth-order valence-corrected chi connectivity index (χ4v) is 3.36. The van der Waals surface area contributed by atoms with E-state index in [1.54, 1.807) is 26.4 Å². The Kier molecular flexibility index (Phi) is 10.5. The molecule has 12 heteroatoms. The summed E-state index contributed by atoms with van der Waals surface area (Å²) in [6, 6.07) is 9.30. The van der Waals surface area contributed by atoms with Crippen molar-refractivity contribution in [2.75, 3.05) is 44.1 Å². The molecule has 0 saturated carbocycles. The number of nitro benzene ring substituents is 1. The fourth-order valence-electron chi connectivity index (χ4n) is 3.11. The van der Waals surface area contributed by atoms with Gasteiger partial charge in [0.15, 0.2) is 0 Å². The molecule has 0 aliphatic heterocycles. The molecule has 0 aliphatic carbocycles. The van der Waals surface area contributed by atoms with Crippen LogP contribution in [0.5, 0.6) is 0 Å². The lowest BCUT2D eigenvalue weighted by atomic mass is 10.2. The van der Waals surface area contributed by atoms with Crippen LogP contribution in [-0.2, 0) is 14.3 Å². The summed E-state index contributed by atoms with van der Waals surface area (Å²) in [6.07, 6.45) is 0.857. The third-order valence-corrected chi connectivity index (χ3v) is 5.35. The Morgan fingerprint density at radius 3 is 2.63 bits per heavy atom. The van der Waals surface area contributed by atoms with Gasteiger partial charge in [-0.05, 0) is 31.5 Å². The highest BCUT2D eigenvalue weighted by atomic mass is 35.5. The molecule has 0 aliphatic rings. The zero-order valence-electron chi connectivity index (χ0n) is 19.9. The number of hydrogen-bond acceptors (Lipinski definition) is 9. The van der Waals surface area contributed by atoms with Crippen molar-refractivity contribution in [1.29, 1.82) is 5.26 Å². The largest absolute Gasteiger partial charge is 0.383 e. The first kappa shape index (κ1) is 27.7. The van der Waals surface area contributed by atoms with Crippen LogP contribution in [0.25, 0.3) is 0 Å². The second-order valence-electron chi connectivity index (χ2n) is 7.59. The number of anilines is 2. The number of rotatable bonds is 12. The molecule has 0 bridgehead atoms. The topological polar surface area (TPSA) is 142 Å². The van der Waals surface area contributed by atoms with Gasteiger partial charge in [-0.2, -0.15) is 5.26 Å². The Balaban J connectivity index is 2.44. The van der Waals surface area contributed by atoms with Crippen molar-refractivity contribution in [3.63, 3.8) is 0 Å². The Morgan fingerprint density at radius 1 is 1.29 bits per heavy atom. The highest BCUT2D eigenvalue weighted by Gasteiger charge is 2.17. The van der Waals surface area contributed by atoms with Crippen molar-refractivity contribution < 1.29 is 19.2 Å². The van der Waals surface area contributed by atoms with E-state index in [4.69, 9.17) is 21.1 Å². The van der Waals surface area contributed by atoms with Gasteiger partial charge in [-0.1, -0.05) is 11.6 Å². The van der Waals surface area contributed by atoms with Gasteiger partial charge in [0.05, 0.1) is 33.9 Å². The van der Waals surface area contributed by atoms with Gasteiger partial charge in [-0.15, -0.1) is 10.2 Å². The summed E-state index contributed by atoms with van der Waals surface area (Å²) in [6.45, 7) is 5.19. The summed E-state index contributed by atoms with van der Waals surface area (Å²) in [7, 11) is 3.29. The van der Waals surface area contributed by atoms with E-state index in [9.17, 15) is 20.2 Å². The fraction of sp³-hybridized carbons (Fsp3) is 0.391. The zero-order chi connectivity index (χ0) is 26.0. The molecular formula is C23H27ClN6O5. The number of nitro groups is 1. The molecule has 1 unspecified atom stereocenters. The van der Waals surface area contributed by atoms with Crippen LogP contribution in [0.3, 0.4) is 0 Å². The lowest BCUT2D eigenvalue weighted by Crippen LogP contribution is -2.30. The van der Waals surface area contributed by atoms with Gasteiger partial charge >= 0.3 is 0 Å². The highest BCUT2D eigenvalue weighted by molar-refractivity contribution is 6.33. The van der Waals surface area contributed by atoms with Crippen molar-refractivity contribution in [3.05, 3.63) is 51.0 Å². The number of non-ortho nitro benzene ring substituents is 1. The quantitative estimate of drug-likeness (QED) is 0.233. The lowest BCUT2D eigenvalue weighted by Gasteiger charge is -2.26. The Bertz CT molecular complexity index is 1130. The first-order valence-corrected chi connectivity index (χ1v) is 11.1. The molecule has 0 fully saturated rings. The minimum atomic E-state index is -0.649. The van der Waals surface area contributed by atoms with Crippen LogP contribution in [-0.4, -0.2) is 50.9 Å². The van der Waals surface area contributed by atoms with E-state index in [2.05, 4.69) is 20.4 Å². The molecular weight excluding hydrogens is 476 g/mol. The lowest BCUT2D eigenvalue weighted by molar-refractivity contribution is -0.384. The first-order chi connectivity index (χ1) is 16.7. The first-order valence-electron chi connectivity index (χ1n) is 10.7. The van der Waals surface area contributed by atoms with Gasteiger partial charge in [-0.25, -0.2) is 0 Å². The van der Waals surface area contributed by atoms with E-state index in [-0.39, 0.29) is 34.0 Å². The van der Waals surface area contributed by atoms with E-state index in [1.165, 1.54) is 6.92 Å². The highest BCUT2D eigenvalue weighted by Crippen LogP contribution is 2.36. The number of amides is 1. The SMILES string of the molecule is COCCN(CCC(C)OC)c1ccc(N=Nc2c(Cl)cc([N+](=O)[O-])cc2C#N)c(NC(C)=O)c1. The summed E-state index contributed by atoms with van der Waals surface area (Å²) < 4.78 is 10.6. The van der Waals surface area contributed by atoms with Gasteiger partial charge in [0.2, 0.25) is 5.91 Å². The number of benzene rings is 2. The predicted octanol–water partition coefficient (Wildman–Crippen LogP) is 5.37. The second-order valence-corrected chi connectivity index (χ2v) is 8.00. The van der Waals surface area contributed by atoms with E-state index >= 15 is 0 Å². The number of nitrogens with zero attached hydrogens (tertiary/aromatic N) is 5. The minimum absolute atomic E-state index is 0.00658.